The van der Waals surface area contributed by atoms with Crippen LogP contribution in [0, 0.1) is 0 Å². The molecule has 0 fully saturated rings. The van der Waals surface area contributed by atoms with Crippen molar-refractivity contribution in [3.05, 3.63) is 35.4 Å². The van der Waals surface area contributed by atoms with Gasteiger partial charge in [0, 0.05) is 12.0 Å². The molecule has 2 amide bonds. The minimum Gasteiger partial charge on any atom is -0.388 e. The third-order valence-corrected chi connectivity index (χ3v) is 2.25. The van der Waals surface area contributed by atoms with Crippen LogP contribution in [0.25, 0.3) is 0 Å². The number of hydrogen-bond donors (Lipinski definition) is 3. The first-order chi connectivity index (χ1) is 7.52. The minimum atomic E-state index is -0.906. The number of aliphatic hydroxyl groups is 1. The van der Waals surface area contributed by atoms with Crippen LogP contribution in [0.3, 0.4) is 0 Å². The number of aliphatic hydroxyl groups excluding tert-OH is 1. The molecular weight excluding hydrogens is 208 g/mol. The lowest BCUT2D eigenvalue weighted by molar-refractivity contribution is -0.118. The summed E-state index contributed by atoms with van der Waals surface area (Å²) in [4.78, 5) is 21.7. The van der Waals surface area contributed by atoms with Crippen molar-refractivity contribution in [2.75, 3.05) is 0 Å². The van der Waals surface area contributed by atoms with Crippen molar-refractivity contribution in [2.24, 2.45) is 11.5 Å². The second kappa shape index (κ2) is 5.27. The average molecular weight is 222 g/mol. The number of primary amides is 2. The van der Waals surface area contributed by atoms with Gasteiger partial charge in [-0.25, -0.2) is 0 Å². The van der Waals surface area contributed by atoms with Crippen LogP contribution in [0.1, 0.15) is 34.9 Å². The Labute approximate surface area is 93.1 Å². The standard InChI is InChI=1S/C11H14N2O3/c12-10(15)6-5-9(14)7-3-1-2-4-8(7)11(13)16/h1-4,9,14H,5-6H2,(H2,12,15)(H2,13,16). The summed E-state index contributed by atoms with van der Waals surface area (Å²) >= 11 is 0. The molecule has 86 valence electrons. The van der Waals surface area contributed by atoms with Crippen molar-refractivity contribution in [1.29, 1.82) is 0 Å². The molecule has 0 saturated heterocycles. The maximum absolute atomic E-state index is 11.1. The normalized spacial score (nSPS) is 12.1. The highest BCUT2D eigenvalue weighted by Gasteiger charge is 2.15. The number of carbonyl (C=O) groups excluding carboxylic acids is 2. The highest BCUT2D eigenvalue weighted by atomic mass is 16.3. The summed E-state index contributed by atoms with van der Waals surface area (Å²) in [7, 11) is 0. The fraction of sp³-hybridized carbons (Fsp3) is 0.273. The molecule has 1 atom stereocenters. The van der Waals surface area contributed by atoms with Crippen molar-refractivity contribution < 1.29 is 14.7 Å². The van der Waals surface area contributed by atoms with E-state index in [4.69, 9.17) is 11.5 Å². The van der Waals surface area contributed by atoms with E-state index in [1.54, 1.807) is 18.2 Å². The van der Waals surface area contributed by atoms with E-state index in [0.717, 1.165) is 0 Å². The van der Waals surface area contributed by atoms with Gasteiger partial charge in [0.1, 0.15) is 0 Å². The summed E-state index contributed by atoms with van der Waals surface area (Å²) in [5, 5.41) is 9.78. The molecule has 1 unspecified atom stereocenters. The molecule has 5 heteroatoms. The number of rotatable bonds is 5. The molecule has 1 aromatic rings. The number of amides is 2. The second-order valence-corrected chi connectivity index (χ2v) is 3.47. The van der Waals surface area contributed by atoms with E-state index in [1.165, 1.54) is 6.07 Å². The van der Waals surface area contributed by atoms with Gasteiger partial charge in [0.2, 0.25) is 11.8 Å². The monoisotopic (exact) mass is 222 g/mol. The molecule has 0 saturated carbocycles. The van der Waals surface area contributed by atoms with Crippen molar-refractivity contribution in [2.45, 2.75) is 18.9 Å². The highest BCUT2D eigenvalue weighted by Crippen LogP contribution is 2.21. The predicted molar refractivity (Wildman–Crippen MR) is 58.3 cm³/mol. The lowest BCUT2D eigenvalue weighted by Gasteiger charge is -2.12. The first kappa shape index (κ1) is 12.2. The minimum absolute atomic E-state index is 0.0638. The Morgan fingerprint density at radius 2 is 1.88 bits per heavy atom. The molecule has 0 spiro atoms. The molecule has 0 radical (unpaired) electrons. The number of hydrogen-bond acceptors (Lipinski definition) is 3. The van der Waals surface area contributed by atoms with Gasteiger partial charge < -0.3 is 16.6 Å². The average Bonchev–Trinajstić information content (AvgIpc) is 2.25. The summed E-state index contributed by atoms with van der Waals surface area (Å²) < 4.78 is 0. The van der Waals surface area contributed by atoms with E-state index in [9.17, 15) is 14.7 Å². The van der Waals surface area contributed by atoms with Gasteiger partial charge in [-0.05, 0) is 18.1 Å². The molecule has 0 heterocycles. The van der Waals surface area contributed by atoms with E-state index in [0.29, 0.717) is 5.56 Å². The van der Waals surface area contributed by atoms with Gasteiger partial charge in [-0.15, -0.1) is 0 Å². The van der Waals surface area contributed by atoms with Crippen LogP contribution in [-0.2, 0) is 4.79 Å². The largest absolute Gasteiger partial charge is 0.388 e. The van der Waals surface area contributed by atoms with Crippen LogP contribution < -0.4 is 11.5 Å². The van der Waals surface area contributed by atoms with Gasteiger partial charge in [0.05, 0.1) is 6.10 Å². The topological polar surface area (TPSA) is 106 Å². The molecule has 0 aliphatic carbocycles. The van der Waals surface area contributed by atoms with Crippen LogP contribution in [0.2, 0.25) is 0 Å². The zero-order valence-electron chi connectivity index (χ0n) is 8.72. The zero-order chi connectivity index (χ0) is 12.1. The first-order valence-corrected chi connectivity index (χ1v) is 4.87. The second-order valence-electron chi connectivity index (χ2n) is 3.47. The van der Waals surface area contributed by atoms with Crippen LogP contribution in [-0.4, -0.2) is 16.9 Å². The maximum atomic E-state index is 11.1. The molecule has 0 aromatic heterocycles. The van der Waals surface area contributed by atoms with E-state index >= 15 is 0 Å². The Balaban J connectivity index is 2.85. The molecule has 5 nitrogen and oxygen atoms in total. The molecule has 5 N–H and O–H groups in total. The van der Waals surface area contributed by atoms with Gasteiger partial charge in [-0.3, -0.25) is 9.59 Å². The third kappa shape index (κ3) is 3.06. The lowest BCUT2D eigenvalue weighted by atomic mass is 9.98. The van der Waals surface area contributed by atoms with Crippen molar-refractivity contribution in [1.82, 2.24) is 0 Å². The van der Waals surface area contributed by atoms with Crippen molar-refractivity contribution >= 4 is 11.8 Å². The first-order valence-electron chi connectivity index (χ1n) is 4.87. The fourth-order valence-corrected chi connectivity index (χ4v) is 1.45. The van der Waals surface area contributed by atoms with Crippen LogP contribution in [0.4, 0.5) is 0 Å². The Morgan fingerprint density at radius 1 is 1.25 bits per heavy atom. The Hall–Kier alpha value is -1.88. The quantitative estimate of drug-likeness (QED) is 0.656. The van der Waals surface area contributed by atoms with Crippen molar-refractivity contribution in [3.8, 4) is 0 Å². The van der Waals surface area contributed by atoms with Gasteiger partial charge in [-0.1, -0.05) is 18.2 Å². The smallest absolute Gasteiger partial charge is 0.249 e. The molecule has 0 bridgehead atoms. The molecular formula is C11H14N2O3. The van der Waals surface area contributed by atoms with E-state index in [1.807, 2.05) is 0 Å². The Morgan fingerprint density at radius 3 is 2.44 bits per heavy atom. The molecule has 1 rings (SSSR count). The van der Waals surface area contributed by atoms with Crippen LogP contribution in [0.5, 0.6) is 0 Å². The Kier molecular flexibility index (Phi) is 4.02. The van der Waals surface area contributed by atoms with Crippen LogP contribution in [0.15, 0.2) is 24.3 Å². The highest BCUT2D eigenvalue weighted by molar-refractivity contribution is 5.94. The summed E-state index contributed by atoms with van der Waals surface area (Å²) in [6, 6.07) is 6.48. The zero-order valence-corrected chi connectivity index (χ0v) is 8.72. The fourth-order valence-electron chi connectivity index (χ4n) is 1.45. The van der Waals surface area contributed by atoms with Gasteiger partial charge in [0.25, 0.3) is 0 Å². The maximum Gasteiger partial charge on any atom is 0.249 e. The van der Waals surface area contributed by atoms with Gasteiger partial charge in [-0.2, -0.15) is 0 Å². The summed E-state index contributed by atoms with van der Waals surface area (Å²) in [6.45, 7) is 0. The third-order valence-electron chi connectivity index (χ3n) is 2.25. The van der Waals surface area contributed by atoms with E-state index < -0.39 is 17.9 Å². The van der Waals surface area contributed by atoms with E-state index in [-0.39, 0.29) is 18.4 Å². The van der Waals surface area contributed by atoms with E-state index in [2.05, 4.69) is 0 Å². The number of nitrogens with two attached hydrogens (primary N) is 2. The molecule has 0 aliphatic heterocycles. The van der Waals surface area contributed by atoms with Gasteiger partial charge in [0.15, 0.2) is 0 Å². The molecule has 0 aliphatic rings. The van der Waals surface area contributed by atoms with Crippen LogP contribution >= 0.6 is 0 Å². The van der Waals surface area contributed by atoms with Crippen molar-refractivity contribution in [3.63, 3.8) is 0 Å². The molecule has 1 aromatic carbocycles. The Bertz CT molecular complexity index is 404. The number of benzene rings is 1. The number of carbonyl (C=O) groups is 2. The SMILES string of the molecule is NC(=O)CCC(O)c1ccccc1C(N)=O. The summed E-state index contributed by atoms with van der Waals surface area (Å²) in [5.74, 6) is -1.09. The summed E-state index contributed by atoms with van der Waals surface area (Å²) in [5.41, 5.74) is 10.8. The predicted octanol–water partition coefficient (Wildman–Crippen LogP) is 0.0844. The molecule has 16 heavy (non-hydrogen) atoms. The summed E-state index contributed by atoms with van der Waals surface area (Å²) in [6.07, 6.45) is -0.662. The lowest BCUT2D eigenvalue weighted by Crippen LogP contribution is -2.17. The van der Waals surface area contributed by atoms with Gasteiger partial charge >= 0.3 is 0 Å².